The summed E-state index contributed by atoms with van der Waals surface area (Å²) >= 11 is 1.43. The van der Waals surface area contributed by atoms with Gasteiger partial charge in [0, 0.05) is 12.2 Å². The third-order valence-corrected chi connectivity index (χ3v) is 3.34. The number of thioether (sulfide) groups is 1. The number of aryl methyl sites for hydroxylation is 1. The van der Waals surface area contributed by atoms with Crippen molar-refractivity contribution < 1.29 is 0 Å². The van der Waals surface area contributed by atoms with E-state index in [9.17, 15) is 9.59 Å². The quantitative estimate of drug-likeness (QED) is 0.843. The highest BCUT2D eigenvalue weighted by molar-refractivity contribution is 7.97. The smallest absolute Gasteiger partial charge is 0.332 e. The lowest BCUT2D eigenvalue weighted by molar-refractivity contribution is 0.651. The lowest BCUT2D eigenvalue weighted by atomic mass is 10.2. The van der Waals surface area contributed by atoms with Gasteiger partial charge in [-0.05, 0) is 31.4 Å². The maximum Gasteiger partial charge on any atom is 0.332 e. The Morgan fingerprint density at radius 2 is 2.00 bits per heavy atom. The standard InChI is InChI=1S/C12H15N3O2S/c1-3-14-10-5-4-8(13)6-9(10)11(16)15(7-18-2)12(14)17/h4-6H,3,7,13H2,1-2H3. The van der Waals surface area contributed by atoms with Gasteiger partial charge in [0.2, 0.25) is 0 Å². The largest absolute Gasteiger partial charge is 0.399 e. The van der Waals surface area contributed by atoms with E-state index < -0.39 is 0 Å². The molecule has 0 saturated heterocycles. The molecule has 1 aromatic carbocycles. The molecular formula is C12H15N3O2S. The van der Waals surface area contributed by atoms with Crippen LogP contribution in [0.4, 0.5) is 5.69 Å². The fourth-order valence-corrected chi connectivity index (χ4v) is 2.48. The van der Waals surface area contributed by atoms with Crippen molar-refractivity contribution in [2.75, 3.05) is 12.0 Å². The van der Waals surface area contributed by atoms with Crippen LogP contribution in [0.25, 0.3) is 10.9 Å². The Hall–Kier alpha value is -1.69. The van der Waals surface area contributed by atoms with Crippen LogP contribution in [0.2, 0.25) is 0 Å². The third kappa shape index (κ3) is 1.92. The summed E-state index contributed by atoms with van der Waals surface area (Å²) in [6.45, 7) is 2.40. The van der Waals surface area contributed by atoms with Gasteiger partial charge in [-0.15, -0.1) is 11.8 Å². The number of nitrogen functional groups attached to an aromatic ring is 1. The zero-order valence-corrected chi connectivity index (χ0v) is 11.2. The van der Waals surface area contributed by atoms with Crippen molar-refractivity contribution in [2.45, 2.75) is 19.3 Å². The zero-order valence-electron chi connectivity index (χ0n) is 10.3. The summed E-state index contributed by atoms with van der Waals surface area (Å²) in [4.78, 5) is 24.4. The minimum absolute atomic E-state index is 0.269. The number of nitrogens with zero attached hydrogens (tertiary/aromatic N) is 2. The third-order valence-electron chi connectivity index (χ3n) is 2.82. The molecule has 1 heterocycles. The average Bonchev–Trinajstić information content (AvgIpc) is 2.36. The molecule has 1 aromatic heterocycles. The second-order valence-corrected chi connectivity index (χ2v) is 4.79. The molecule has 0 aliphatic carbocycles. The van der Waals surface area contributed by atoms with Gasteiger partial charge in [0.15, 0.2) is 0 Å². The Morgan fingerprint density at radius 3 is 2.61 bits per heavy atom. The lowest BCUT2D eigenvalue weighted by Crippen LogP contribution is -2.39. The van der Waals surface area contributed by atoms with Gasteiger partial charge in [-0.3, -0.25) is 9.36 Å². The van der Waals surface area contributed by atoms with Crippen LogP contribution in [0.1, 0.15) is 6.92 Å². The highest BCUT2D eigenvalue weighted by Gasteiger charge is 2.11. The van der Waals surface area contributed by atoms with Crippen LogP contribution in [-0.2, 0) is 12.4 Å². The van der Waals surface area contributed by atoms with Gasteiger partial charge in [0.05, 0.1) is 16.8 Å². The van der Waals surface area contributed by atoms with Gasteiger partial charge in [0.1, 0.15) is 0 Å². The average molecular weight is 265 g/mol. The predicted molar refractivity (Wildman–Crippen MR) is 76.1 cm³/mol. The van der Waals surface area contributed by atoms with Crippen molar-refractivity contribution in [2.24, 2.45) is 0 Å². The molecule has 0 fully saturated rings. The molecule has 0 saturated carbocycles. The highest BCUT2D eigenvalue weighted by atomic mass is 32.2. The summed E-state index contributed by atoms with van der Waals surface area (Å²) in [7, 11) is 0. The second-order valence-electron chi connectivity index (χ2n) is 3.95. The van der Waals surface area contributed by atoms with E-state index in [0.717, 1.165) is 0 Å². The molecule has 0 spiro atoms. The summed E-state index contributed by atoms with van der Waals surface area (Å²) in [5.74, 6) is 0.350. The molecule has 0 unspecified atom stereocenters. The number of hydrogen-bond donors (Lipinski definition) is 1. The predicted octanol–water partition coefficient (Wildman–Crippen LogP) is 1.09. The summed E-state index contributed by atoms with van der Waals surface area (Å²) in [5.41, 5.74) is 6.32. The molecule has 2 rings (SSSR count). The first-order valence-corrected chi connectivity index (χ1v) is 7.01. The molecule has 18 heavy (non-hydrogen) atoms. The first kappa shape index (κ1) is 12.8. The molecule has 5 nitrogen and oxygen atoms in total. The van der Waals surface area contributed by atoms with Crippen LogP contribution in [0.15, 0.2) is 27.8 Å². The van der Waals surface area contributed by atoms with E-state index in [-0.39, 0.29) is 11.2 Å². The Bertz CT molecular complexity index is 703. The number of anilines is 1. The summed E-state index contributed by atoms with van der Waals surface area (Å²) in [6, 6.07) is 5.05. The Kier molecular flexibility index (Phi) is 3.47. The molecule has 0 radical (unpaired) electrons. The molecule has 96 valence electrons. The molecular weight excluding hydrogens is 250 g/mol. The van der Waals surface area contributed by atoms with E-state index in [0.29, 0.717) is 29.0 Å². The van der Waals surface area contributed by atoms with Crippen LogP contribution in [0, 0.1) is 0 Å². The normalized spacial score (nSPS) is 11.0. The van der Waals surface area contributed by atoms with Gasteiger partial charge in [-0.2, -0.15) is 0 Å². The Labute approximate surface area is 108 Å². The maximum absolute atomic E-state index is 12.2. The summed E-state index contributed by atoms with van der Waals surface area (Å²) < 4.78 is 2.84. The SMILES string of the molecule is CCn1c(=O)n(CSC)c(=O)c2cc(N)ccc21. The van der Waals surface area contributed by atoms with Crippen molar-refractivity contribution in [3.05, 3.63) is 39.0 Å². The highest BCUT2D eigenvalue weighted by Crippen LogP contribution is 2.13. The maximum atomic E-state index is 12.2. The van der Waals surface area contributed by atoms with E-state index in [1.807, 2.05) is 13.2 Å². The van der Waals surface area contributed by atoms with Crippen molar-refractivity contribution in [3.63, 3.8) is 0 Å². The molecule has 0 atom stereocenters. The van der Waals surface area contributed by atoms with E-state index >= 15 is 0 Å². The first-order chi connectivity index (χ1) is 8.60. The number of benzene rings is 1. The number of aromatic nitrogens is 2. The van der Waals surface area contributed by atoms with Crippen molar-refractivity contribution in [3.8, 4) is 0 Å². The molecule has 0 aliphatic heterocycles. The number of nitrogens with two attached hydrogens (primary N) is 1. The molecule has 2 N–H and O–H groups in total. The van der Waals surface area contributed by atoms with E-state index in [1.165, 1.54) is 16.3 Å². The summed E-state index contributed by atoms with van der Waals surface area (Å²) in [5, 5.41) is 0.491. The van der Waals surface area contributed by atoms with Crippen LogP contribution < -0.4 is 17.0 Å². The fraction of sp³-hybridized carbons (Fsp3) is 0.333. The van der Waals surface area contributed by atoms with E-state index in [1.54, 1.807) is 22.8 Å². The first-order valence-electron chi connectivity index (χ1n) is 5.62. The van der Waals surface area contributed by atoms with Gasteiger partial charge in [0.25, 0.3) is 5.56 Å². The van der Waals surface area contributed by atoms with Crippen LogP contribution in [0.3, 0.4) is 0 Å². The Balaban J connectivity index is 2.96. The molecule has 0 bridgehead atoms. The summed E-state index contributed by atoms with van der Waals surface area (Å²) in [6.07, 6.45) is 1.85. The number of fused-ring (bicyclic) bond motifs is 1. The lowest BCUT2D eigenvalue weighted by Gasteiger charge is -2.12. The van der Waals surface area contributed by atoms with Crippen LogP contribution >= 0.6 is 11.8 Å². The van der Waals surface area contributed by atoms with Crippen LogP contribution in [-0.4, -0.2) is 15.4 Å². The second kappa shape index (κ2) is 4.89. The zero-order chi connectivity index (χ0) is 13.3. The van der Waals surface area contributed by atoms with E-state index in [2.05, 4.69) is 0 Å². The van der Waals surface area contributed by atoms with Crippen molar-refractivity contribution >= 4 is 28.4 Å². The minimum Gasteiger partial charge on any atom is -0.399 e. The van der Waals surface area contributed by atoms with Crippen molar-refractivity contribution in [1.29, 1.82) is 0 Å². The molecule has 0 amide bonds. The van der Waals surface area contributed by atoms with Gasteiger partial charge in [-0.25, -0.2) is 9.36 Å². The van der Waals surface area contributed by atoms with Gasteiger partial charge >= 0.3 is 5.69 Å². The van der Waals surface area contributed by atoms with Crippen molar-refractivity contribution in [1.82, 2.24) is 9.13 Å². The molecule has 6 heteroatoms. The van der Waals surface area contributed by atoms with Crippen LogP contribution in [0.5, 0.6) is 0 Å². The number of rotatable bonds is 3. The molecule has 2 aromatic rings. The van der Waals surface area contributed by atoms with Gasteiger partial charge < -0.3 is 5.73 Å². The Morgan fingerprint density at radius 1 is 1.28 bits per heavy atom. The number of hydrogen-bond acceptors (Lipinski definition) is 4. The molecule has 0 aliphatic rings. The minimum atomic E-state index is -0.277. The van der Waals surface area contributed by atoms with E-state index in [4.69, 9.17) is 5.73 Å². The fourth-order valence-electron chi connectivity index (χ4n) is 1.99. The van der Waals surface area contributed by atoms with Gasteiger partial charge in [-0.1, -0.05) is 0 Å². The monoisotopic (exact) mass is 265 g/mol. The topological polar surface area (TPSA) is 70.0 Å².